The van der Waals surface area contributed by atoms with Crippen molar-refractivity contribution in [1.82, 2.24) is 0 Å². The number of hydrogen-bond acceptors (Lipinski definition) is 4. The van der Waals surface area contributed by atoms with Gasteiger partial charge < -0.3 is 15.3 Å². The first kappa shape index (κ1) is 15.0. The summed E-state index contributed by atoms with van der Waals surface area (Å²) in [5, 5.41) is 3.68. The van der Waals surface area contributed by atoms with Crippen molar-refractivity contribution in [2.75, 3.05) is 6.61 Å². The van der Waals surface area contributed by atoms with Gasteiger partial charge in [0.05, 0.1) is 18.2 Å². The normalized spacial score (nSPS) is 11.6. The SMILES string of the molecule is CCOC(=O)/C=C/O/N=C(\N)c1ccc(Cl)cc1F. The first-order valence-corrected chi connectivity index (χ1v) is 5.70. The summed E-state index contributed by atoms with van der Waals surface area (Å²) in [6.45, 7) is 1.93. The van der Waals surface area contributed by atoms with Gasteiger partial charge in [0.2, 0.25) is 0 Å². The number of oxime groups is 1. The van der Waals surface area contributed by atoms with Crippen LogP contribution in [0.5, 0.6) is 0 Å². The third-order valence-corrected chi connectivity index (χ3v) is 2.14. The summed E-state index contributed by atoms with van der Waals surface area (Å²) in [7, 11) is 0. The summed E-state index contributed by atoms with van der Waals surface area (Å²) in [6.07, 6.45) is 2.01. The lowest BCUT2D eigenvalue weighted by Crippen LogP contribution is -2.15. The molecule has 0 unspecified atom stereocenters. The molecule has 0 saturated carbocycles. The summed E-state index contributed by atoms with van der Waals surface area (Å²) in [5.41, 5.74) is 5.56. The molecule has 1 rings (SSSR count). The van der Waals surface area contributed by atoms with Gasteiger partial charge in [-0.05, 0) is 25.1 Å². The highest BCUT2D eigenvalue weighted by molar-refractivity contribution is 6.30. The van der Waals surface area contributed by atoms with Crippen LogP contribution in [0, 0.1) is 5.82 Å². The number of carbonyl (C=O) groups is 1. The summed E-state index contributed by atoms with van der Waals surface area (Å²) < 4.78 is 18.1. The van der Waals surface area contributed by atoms with Crippen LogP contribution in [0.2, 0.25) is 5.02 Å². The van der Waals surface area contributed by atoms with E-state index in [1.807, 2.05) is 0 Å². The summed E-state index contributed by atoms with van der Waals surface area (Å²) in [5.74, 6) is -1.37. The number of nitrogens with zero attached hydrogens (tertiary/aromatic N) is 1. The van der Waals surface area contributed by atoms with Crippen LogP contribution in [0.3, 0.4) is 0 Å². The molecule has 5 nitrogen and oxygen atoms in total. The lowest BCUT2D eigenvalue weighted by atomic mass is 10.2. The van der Waals surface area contributed by atoms with Gasteiger partial charge in [0.1, 0.15) is 12.1 Å². The third kappa shape index (κ3) is 4.97. The fraction of sp³-hybridized carbons (Fsp3) is 0.167. The van der Waals surface area contributed by atoms with Crippen LogP contribution in [-0.2, 0) is 14.4 Å². The van der Waals surface area contributed by atoms with Gasteiger partial charge in [0.15, 0.2) is 5.84 Å². The first-order chi connectivity index (χ1) is 9.04. The number of amidine groups is 1. The minimum absolute atomic E-state index is 0.0499. The molecule has 0 bridgehead atoms. The van der Waals surface area contributed by atoms with Crippen LogP contribution in [-0.4, -0.2) is 18.4 Å². The van der Waals surface area contributed by atoms with Gasteiger partial charge in [-0.2, -0.15) is 0 Å². The van der Waals surface area contributed by atoms with Gasteiger partial charge in [0.25, 0.3) is 0 Å². The van der Waals surface area contributed by atoms with Crippen molar-refractivity contribution in [3.8, 4) is 0 Å². The topological polar surface area (TPSA) is 73.9 Å². The first-order valence-electron chi connectivity index (χ1n) is 5.32. The van der Waals surface area contributed by atoms with Gasteiger partial charge in [-0.3, -0.25) is 0 Å². The molecular weight excluding hydrogens is 275 g/mol. The predicted molar refractivity (Wildman–Crippen MR) is 69.0 cm³/mol. The Hall–Kier alpha value is -2.08. The van der Waals surface area contributed by atoms with E-state index in [1.54, 1.807) is 6.92 Å². The molecule has 0 aliphatic carbocycles. The standard InChI is InChI=1S/C12H12ClFN2O3/c1-2-18-11(17)5-6-19-16-12(15)9-4-3-8(13)7-10(9)14/h3-7H,2H2,1H3,(H2,15,16)/b6-5+. The van der Waals surface area contributed by atoms with Crippen LogP contribution in [0.1, 0.15) is 12.5 Å². The fourth-order valence-electron chi connectivity index (χ4n) is 1.11. The van der Waals surface area contributed by atoms with E-state index in [0.29, 0.717) is 0 Å². The van der Waals surface area contributed by atoms with E-state index in [0.717, 1.165) is 18.4 Å². The monoisotopic (exact) mass is 286 g/mol. The molecule has 0 spiro atoms. The van der Waals surface area contributed by atoms with Crippen LogP contribution in [0.25, 0.3) is 0 Å². The number of benzene rings is 1. The number of halogens is 2. The Morgan fingerprint density at radius 1 is 1.58 bits per heavy atom. The number of rotatable bonds is 5. The Morgan fingerprint density at radius 2 is 2.32 bits per heavy atom. The van der Waals surface area contributed by atoms with E-state index in [9.17, 15) is 9.18 Å². The molecule has 102 valence electrons. The molecule has 0 aliphatic rings. The smallest absolute Gasteiger partial charge is 0.333 e. The molecule has 0 fully saturated rings. The average Bonchev–Trinajstić information content (AvgIpc) is 2.34. The van der Waals surface area contributed by atoms with Crippen molar-refractivity contribution < 1.29 is 18.8 Å². The molecule has 0 heterocycles. The summed E-state index contributed by atoms with van der Waals surface area (Å²) >= 11 is 5.60. The maximum atomic E-state index is 13.4. The number of ether oxygens (including phenoxy) is 1. The Bertz CT molecular complexity index is 518. The Morgan fingerprint density at radius 3 is 2.95 bits per heavy atom. The molecule has 2 N–H and O–H groups in total. The molecule has 7 heteroatoms. The highest BCUT2D eigenvalue weighted by Crippen LogP contribution is 2.14. The summed E-state index contributed by atoms with van der Waals surface area (Å²) in [4.78, 5) is 15.5. The van der Waals surface area contributed by atoms with Gasteiger partial charge in [-0.1, -0.05) is 16.8 Å². The van der Waals surface area contributed by atoms with E-state index in [1.165, 1.54) is 12.1 Å². The van der Waals surface area contributed by atoms with Crippen molar-refractivity contribution in [3.63, 3.8) is 0 Å². The molecular formula is C12H12ClFN2O3. The van der Waals surface area contributed by atoms with Crippen molar-refractivity contribution in [2.45, 2.75) is 6.92 Å². The van der Waals surface area contributed by atoms with Crippen LogP contribution in [0.15, 0.2) is 35.7 Å². The summed E-state index contributed by atoms with van der Waals surface area (Å²) in [6, 6.07) is 3.94. The zero-order valence-corrected chi connectivity index (χ0v) is 10.9. The molecule has 0 radical (unpaired) electrons. The fourth-order valence-corrected chi connectivity index (χ4v) is 1.27. The number of carbonyl (C=O) groups excluding carboxylic acids is 1. The highest BCUT2D eigenvalue weighted by atomic mass is 35.5. The van der Waals surface area contributed by atoms with Gasteiger partial charge >= 0.3 is 5.97 Å². The van der Waals surface area contributed by atoms with Crippen molar-refractivity contribution >= 4 is 23.4 Å². The Labute approximate surface area is 114 Å². The predicted octanol–water partition coefficient (Wildman–Crippen LogP) is 2.19. The maximum absolute atomic E-state index is 13.4. The number of nitrogens with two attached hydrogens (primary N) is 1. The second-order valence-corrected chi connectivity index (χ2v) is 3.70. The molecule has 0 aliphatic heterocycles. The minimum atomic E-state index is -0.619. The Kier molecular flexibility index (Phi) is 5.81. The lowest BCUT2D eigenvalue weighted by molar-refractivity contribution is -0.137. The van der Waals surface area contributed by atoms with E-state index in [-0.39, 0.29) is 23.0 Å². The second-order valence-electron chi connectivity index (χ2n) is 3.26. The van der Waals surface area contributed by atoms with E-state index in [4.69, 9.17) is 17.3 Å². The molecule has 0 atom stereocenters. The zero-order valence-electron chi connectivity index (χ0n) is 10.1. The molecule has 0 amide bonds. The van der Waals surface area contributed by atoms with Crippen LogP contribution >= 0.6 is 11.6 Å². The van der Waals surface area contributed by atoms with Crippen molar-refractivity contribution in [1.29, 1.82) is 0 Å². The third-order valence-electron chi connectivity index (χ3n) is 1.91. The van der Waals surface area contributed by atoms with Crippen molar-refractivity contribution in [3.05, 3.63) is 46.9 Å². The lowest BCUT2D eigenvalue weighted by Gasteiger charge is -2.01. The maximum Gasteiger partial charge on any atom is 0.333 e. The second kappa shape index (κ2) is 7.38. The zero-order chi connectivity index (χ0) is 14.3. The average molecular weight is 287 g/mol. The quantitative estimate of drug-likeness (QED) is 0.225. The van der Waals surface area contributed by atoms with Gasteiger partial charge in [-0.15, -0.1) is 0 Å². The number of esters is 1. The van der Waals surface area contributed by atoms with Gasteiger partial charge in [0, 0.05) is 5.02 Å². The van der Waals surface area contributed by atoms with Gasteiger partial charge in [-0.25, -0.2) is 9.18 Å². The van der Waals surface area contributed by atoms with E-state index < -0.39 is 11.8 Å². The van der Waals surface area contributed by atoms with Crippen LogP contribution in [0.4, 0.5) is 4.39 Å². The van der Waals surface area contributed by atoms with E-state index in [2.05, 4.69) is 14.7 Å². The molecule has 1 aromatic rings. The minimum Gasteiger partial charge on any atom is -0.463 e. The highest BCUT2D eigenvalue weighted by Gasteiger charge is 2.07. The Balaban J connectivity index is 2.64. The van der Waals surface area contributed by atoms with Crippen molar-refractivity contribution in [2.24, 2.45) is 10.9 Å². The molecule has 1 aromatic carbocycles. The van der Waals surface area contributed by atoms with Crippen LogP contribution < -0.4 is 5.73 Å². The molecule has 0 saturated heterocycles. The molecule has 19 heavy (non-hydrogen) atoms. The largest absolute Gasteiger partial charge is 0.463 e. The number of hydrogen-bond donors (Lipinski definition) is 1. The molecule has 0 aromatic heterocycles. The van der Waals surface area contributed by atoms with E-state index >= 15 is 0 Å².